The van der Waals surface area contributed by atoms with E-state index in [0.717, 1.165) is 12.2 Å². The second kappa shape index (κ2) is 3.50. The Morgan fingerprint density at radius 2 is 2.50 bits per heavy atom. The Labute approximate surface area is 87.4 Å². The van der Waals surface area contributed by atoms with E-state index in [0.29, 0.717) is 17.3 Å². The predicted octanol–water partition coefficient (Wildman–Crippen LogP) is 1.92. The fourth-order valence-corrected chi connectivity index (χ4v) is 1.92. The van der Waals surface area contributed by atoms with Gasteiger partial charge in [0, 0.05) is 18.8 Å². The van der Waals surface area contributed by atoms with Crippen LogP contribution in [0.5, 0.6) is 0 Å². The summed E-state index contributed by atoms with van der Waals surface area (Å²) in [6, 6.07) is 1.82. The van der Waals surface area contributed by atoms with Crippen LogP contribution in [0.4, 0.5) is 0 Å². The first kappa shape index (κ1) is 9.34. The van der Waals surface area contributed by atoms with Crippen molar-refractivity contribution in [2.24, 2.45) is 0 Å². The van der Waals surface area contributed by atoms with Crippen LogP contribution in [0.15, 0.2) is 12.1 Å². The molecule has 14 heavy (non-hydrogen) atoms. The quantitative estimate of drug-likeness (QED) is 0.795. The Morgan fingerprint density at radius 3 is 3.21 bits per heavy atom. The van der Waals surface area contributed by atoms with Crippen molar-refractivity contribution in [1.29, 1.82) is 0 Å². The number of nitrogens with zero attached hydrogens (tertiary/aromatic N) is 1. The van der Waals surface area contributed by atoms with E-state index in [9.17, 15) is 4.79 Å². The zero-order valence-electron chi connectivity index (χ0n) is 7.88. The van der Waals surface area contributed by atoms with Crippen LogP contribution in [0.1, 0.15) is 23.1 Å². The molecule has 2 heterocycles. The van der Waals surface area contributed by atoms with Gasteiger partial charge in [-0.05, 0) is 19.1 Å². The molecule has 1 N–H and O–H groups in total. The van der Waals surface area contributed by atoms with Crippen molar-refractivity contribution in [2.75, 3.05) is 6.54 Å². The summed E-state index contributed by atoms with van der Waals surface area (Å²) in [4.78, 5) is 11.6. The summed E-state index contributed by atoms with van der Waals surface area (Å²) >= 11 is 5.98. The van der Waals surface area contributed by atoms with Gasteiger partial charge in [-0.15, -0.1) is 0 Å². The van der Waals surface area contributed by atoms with Crippen molar-refractivity contribution in [3.8, 4) is 0 Å². The minimum Gasteiger partial charge on any atom is -0.351 e. The largest absolute Gasteiger partial charge is 0.351 e. The Hall–Kier alpha value is -1.22. The number of allylic oxidation sites excluding steroid dienone is 1. The molecule has 0 fully saturated rings. The van der Waals surface area contributed by atoms with E-state index in [-0.39, 0.29) is 5.91 Å². The smallest absolute Gasteiger partial charge is 0.269 e. The molecule has 0 saturated carbocycles. The van der Waals surface area contributed by atoms with Crippen LogP contribution in [-0.4, -0.2) is 17.0 Å². The predicted molar refractivity (Wildman–Crippen MR) is 56.5 cm³/mol. The summed E-state index contributed by atoms with van der Waals surface area (Å²) < 4.78 is 1.91. The highest BCUT2D eigenvalue weighted by atomic mass is 35.5. The minimum absolute atomic E-state index is 0.104. The van der Waals surface area contributed by atoms with Gasteiger partial charge in [-0.2, -0.15) is 0 Å². The van der Waals surface area contributed by atoms with E-state index in [1.165, 1.54) is 0 Å². The number of amides is 1. The summed E-state index contributed by atoms with van der Waals surface area (Å²) in [6.45, 7) is 3.23. The molecular formula is C10H11ClN2O. The lowest BCUT2D eigenvalue weighted by Crippen LogP contribution is -2.25. The van der Waals surface area contributed by atoms with Gasteiger partial charge in [-0.1, -0.05) is 17.7 Å². The van der Waals surface area contributed by atoms with Gasteiger partial charge >= 0.3 is 0 Å². The maximum absolute atomic E-state index is 11.6. The molecule has 0 saturated heterocycles. The molecule has 1 aromatic rings. The Bertz CT molecular complexity index is 406. The van der Waals surface area contributed by atoms with Gasteiger partial charge in [0.1, 0.15) is 5.69 Å². The lowest BCUT2D eigenvalue weighted by Gasteiger charge is -2.06. The standard InChI is InChI=1S/C10H11ClN2O/c1-2-12-10(14)9-8(11)6-7-4-3-5-13(7)9/h3-4,6H,2,5H2,1H3,(H,12,14). The van der Waals surface area contributed by atoms with Gasteiger partial charge in [0.15, 0.2) is 0 Å². The van der Waals surface area contributed by atoms with E-state index in [1.807, 2.05) is 29.7 Å². The third-order valence-corrected chi connectivity index (χ3v) is 2.50. The van der Waals surface area contributed by atoms with Crippen LogP contribution in [0.25, 0.3) is 6.08 Å². The molecule has 1 aliphatic rings. The minimum atomic E-state index is -0.104. The molecule has 1 aromatic heterocycles. The lowest BCUT2D eigenvalue weighted by atomic mass is 10.3. The number of halogens is 1. The maximum atomic E-state index is 11.6. The van der Waals surface area contributed by atoms with Crippen molar-refractivity contribution in [2.45, 2.75) is 13.5 Å². The van der Waals surface area contributed by atoms with Crippen LogP contribution in [-0.2, 0) is 6.54 Å². The highest BCUT2D eigenvalue weighted by molar-refractivity contribution is 6.34. The van der Waals surface area contributed by atoms with Gasteiger partial charge < -0.3 is 9.88 Å². The van der Waals surface area contributed by atoms with Crippen LogP contribution in [0.3, 0.4) is 0 Å². The van der Waals surface area contributed by atoms with Crippen LogP contribution < -0.4 is 5.32 Å². The molecule has 4 heteroatoms. The van der Waals surface area contributed by atoms with E-state index in [1.54, 1.807) is 0 Å². The summed E-state index contributed by atoms with van der Waals surface area (Å²) in [5.41, 5.74) is 1.56. The molecular weight excluding hydrogens is 200 g/mol. The van der Waals surface area contributed by atoms with Crippen molar-refractivity contribution in [1.82, 2.24) is 9.88 Å². The van der Waals surface area contributed by atoms with Crippen molar-refractivity contribution in [3.63, 3.8) is 0 Å². The summed E-state index contributed by atoms with van der Waals surface area (Å²) in [5.74, 6) is -0.104. The average molecular weight is 211 g/mol. The molecule has 0 spiro atoms. The average Bonchev–Trinajstić information content (AvgIpc) is 2.63. The SMILES string of the molecule is CCNC(=O)c1c(Cl)cc2n1CC=C2. The van der Waals surface area contributed by atoms with Gasteiger partial charge in [0.25, 0.3) is 5.91 Å². The number of aromatic nitrogens is 1. The monoisotopic (exact) mass is 210 g/mol. The van der Waals surface area contributed by atoms with E-state index >= 15 is 0 Å². The van der Waals surface area contributed by atoms with E-state index in [4.69, 9.17) is 11.6 Å². The molecule has 74 valence electrons. The molecule has 0 radical (unpaired) electrons. The summed E-state index contributed by atoms with van der Waals surface area (Å²) in [6.07, 6.45) is 3.98. The molecule has 0 unspecified atom stereocenters. The molecule has 2 rings (SSSR count). The van der Waals surface area contributed by atoms with Crippen LogP contribution >= 0.6 is 11.6 Å². The molecule has 0 aliphatic carbocycles. The van der Waals surface area contributed by atoms with Crippen molar-refractivity contribution >= 4 is 23.6 Å². The number of hydrogen-bond donors (Lipinski definition) is 1. The van der Waals surface area contributed by atoms with Gasteiger partial charge in [0.05, 0.1) is 5.02 Å². The second-order valence-corrected chi connectivity index (χ2v) is 3.55. The normalized spacial score (nSPS) is 13.0. The fraction of sp³-hybridized carbons (Fsp3) is 0.300. The summed E-state index contributed by atoms with van der Waals surface area (Å²) in [7, 11) is 0. The van der Waals surface area contributed by atoms with Crippen LogP contribution in [0, 0.1) is 0 Å². The highest BCUT2D eigenvalue weighted by Gasteiger charge is 2.19. The third kappa shape index (κ3) is 1.34. The molecule has 0 aromatic carbocycles. The van der Waals surface area contributed by atoms with Crippen molar-refractivity contribution < 1.29 is 4.79 Å². The van der Waals surface area contributed by atoms with Crippen LogP contribution in [0.2, 0.25) is 5.02 Å². The van der Waals surface area contributed by atoms with Crippen molar-refractivity contribution in [3.05, 3.63) is 28.6 Å². The van der Waals surface area contributed by atoms with E-state index < -0.39 is 0 Å². The Morgan fingerprint density at radius 1 is 1.71 bits per heavy atom. The van der Waals surface area contributed by atoms with Gasteiger partial charge in [-0.25, -0.2) is 0 Å². The maximum Gasteiger partial charge on any atom is 0.269 e. The number of carbonyl (C=O) groups excluding carboxylic acids is 1. The molecule has 0 bridgehead atoms. The number of nitrogens with one attached hydrogen (secondary N) is 1. The molecule has 1 aliphatic heterocycles. The van der Waals surface area contributed by atoms with Gasteiger partial charge in [-0.3, -0.25) is 4.79 Å². The zero-order chi connectivity index (χ0) is 10.1. The first-order chi connectivity index (χ1) is 6.74. The molecule has 3 nitrogen and oxygen atoms in total. The van der Waals surface area contributed by atoms with E-state index in [2.05, 4.69) is 5.32 Å². The second-order valence-electron chi connectivity index (χ2n) is 3.14. The Balaban J connectivity index is 2.39. The third-order valence-electron chi connectivity index (χ3n) is 2.21. The number of hydrogen-bond acceptors (Lipinski definition) is 1. The first-order valence-corrected chi connectivity index (χ1v) is 4.95. The lowest BCUT2D eigenvalue weighted by molar-refractivity contribution is 0.0947. The molecule has 1 amide bonds. The molecule has 0 atom stereocenters. The Kier molecular flexibility index (Phi) is 2.33. The topological polar surface area (TPSA) is 34.0 Å². The van der Waals surface area contributed by atoms with Gasteiger partial charge in [0.2, 0.25) is 0 Å². The first-order valence-electron chi connectivity index (χ1n) is 4.57. The number of fused-ring (bicyclic) bond motifs is 1. The number of rotatable bonds is 2. The number of carbonyl (C=O) groups is 1. The fourth-order valence-electron chi connectivity index (χ4n) is 1.62. The zero-order valence-corrected chi connectivity index (χ0v) is 8.64. The summed E-state index contributed by atoms with van der Waals surface area (Å²) in [5, 5.41) is 3.27. The highest BCUT2D eigenvalue weighted by Crippen LogP contribution is 2.25.